The van der Waals surface area contributed by atoms with Crippen LogP contribution in [0.5, 0.6) is 0 Å². The fraction of sp³-hybridized carbons (Fsp3) is 0.526. The van der Waals surface area contributed by atoms with Crippen LogP contribution < -0.4 is 0 Å². The molecule has 0 aromatic heterocycles. The molecule has 0 N–H and O–H groups in total. The predicted molar refractivity (Wildman–Crippen MR) is 94.4 cm³/mol. The van der Waals surface area contributed by atoms with Crippen LogP contribution >= 0.6 is 11.6 Å². The van der Waals surface area contributed by atoms with Gasteiger partial charge in [-0.3, -0.25) is 4.79 Å². The zero-order valence-electron chi connectivity index (χ0n) is 13.6. The molecule has 2 aliphatic rings. The van der Waals surface area contributed by atoms with Crippen LogP contribution in [-0.2, 0) is 11.3 Å². The van der Waals surface area contributed by atoms with E-state index in [1.54, 1.807) is 0 Å². The second-order valence-corrected chi connectivity index (χ2v) is 7.08. The zero-order chi connectivity index (χ0) is 16.1. The van der Waals surface area contributed by atoms with E-state index in [4.69, 9.17) is 11.6 Å². The topological polar surface area (TPSA) is 23.6 Å². The summed E-state index contributed by atoms with van der Waals surface area (Å²) in [5.74, 6) is 1.02. The van der Waals surface area contributed by atoms with Crippen molar-refractivity contribution in [3.63, 3.8) is 0 Å². The maximum atomic E-state index is 12.4. The molecule has 0 radical (unpaired) electrons. The van der Waals surface area contributed by atoms with Crippen molar-refractivity contribution in [2.45, 2.75) is 32.2 Å². The molecule has 4 heteroatoms. The molecule has 1 aromatic rings. The lowest BCUT2D eigenvalue weighted by Gasteiger charge is -2.27. The molecule has 0 saturated carbocycles. The number of amides is 1. The monoisotopic (exact) mass is 332 g/mol. The molecule has 1 heterocycles. The first-order valence-corrected chi connectivity index (χ1v) is 8.98. The average molecular weight is 333 g/mol. The average Bonchev–Trinajstić information content (AvgIpc) is 2.72. The van der Waals surface area contributed by atoms with Gasteiger partial charge in [0.15, 0.2) is 0 Å². The summed E-state index contributed by atoms with van der Waals surface area (Å²) in [6, 6.07) is 7.81. The Kier molecular flexibility index (Phi) is 5.74. The maximum Gasteiger partial charge on any atom is 0.224 e. The summed E-state index contributed by atoms with van der Waals surface area (Å²) in [6.07, 6.45) is 8.91. The van der Waals surface area contributed by atoms with E-state index in [9.17, 15) is 4.79 Å². The molecule has 0 spiro atoms. The first-order chi connectivity index (χ1) is 11.2. The van der Waals surface area contributed by atoms with Gasteiger partial charge < -0.3 is 9.80 Å². The van der Waals surface area contributed by atoms with E-state index in [0.717, 1.165) is 42.7 Å². The summed E-state index contributed by atoms with van der Waals surface area (Å²) >= 11 is 6.05. The van der Waals surface area contributed by atoms with Crippen LogP contribution in [0.25, 0.3) is 0 Å². The van der Waals surface area contributed by atoms with Gasteiger partial charge in [-0.05, 0) is 42.9 Å². The number of rotatable bonds is 4. The summed E-state index contributed by atoms with van der Waals surface area (Å²) < 4.78 is 0. The third-order valence-electron chi connectivity index (χ3n) is 4.84. The van der Waals surface area contributed by atoms with E-state index < -0.39 is 0 Å². The normalized spacial score (nSPS) is 23.1. The SMILES string of the molecule is O=C1CCN(C[C@H]2CC=CCC2)CCN1Cc1cccc(Cl)c1. The van der Waals surface area contributed by atoms with Gasteiger partial charge in [0.2, 0.25) is 5.91 Å². The second kappa shape index (κ2) is 7.98. The van der Waals surface area contributed by atoms with Crippen molar-refractivity contribution in [2.75, 3.05) is 26.2 Å². The van der Waals surface area contributed by atoms with Gasteiger partial charge in [-0.15, -0.1) is 0 Å². The number of hydrogen-bond donors (Lipinski definition) is 0. The van der Waals surface area contributed by atoms with Gasteiger partial charge in [0.05, 0.1) is 0 Å². The van der Waals surface area contributed by atoms with Crippen LogP contribution in [0.3, 0.4) is 0 Å². The first-order valence-electron chi connectivity index (χ1n) is 8.60. The molecule has 3 nitrogen and oxygen atoms in total. The number of carbonyl (C=O) groups excluding carboxylic acids is 1. The predicted octanol–water partition coefficient (Wildman–Crippen LogP) is 3.73. The lowest BCUT2D eigenvalue weighted by atomic mass is 9.94. The minimum Gasteiger partial charge on any atom is -0.337 e. The van der Waals surface area contributed by atoms with E-state index >= 15 is 0 Å². The Labute approximate surface area is 143 Å². The standard InChI is InChI=1S/C19H25ClN2O/c20-18-8-4-7-17(13-18)15-22-12-11-21(10-9-19(22)23)14-16-5-2-1-3-6-16/h1-2,4,7-8,13,16H,3,5-6,9-12,14-15H2/t16-/m0/s1. The summed E-state index contributed by atoms with van der Waals surface area (Å²) in [7, 11) is 0. The Hall–Kier alpha value is -1.32. The third kappa shape index (κ3) is 4.82. The van der Waals surface area contributed by atoms with E-state index in [0.29, 0.717) is 13.0 Å². The van der Waals surface area contributed by atoms with E-state index in [2.05, 4.69) is 17.1 Å². The number of nitrogens with zero attached hydrogens (tertiary/aromatic N) is 2. The van der Waals surface area contributed by atoms with E-state index in [1.807, 2.05) is 29.2 Å². The van der Waals surface area contributed by atoms with Crippen LogP contribution in [0.1, 0.15) is 31.2 Å². The molecular weight excluding hydrogens is 308 g/mol. The highest BCUT2D eigenvalue weighted by Crippen LogP contribution is 2.20. The Morgan fingerprint density at radius 1 is 1.17 bits per heavy atom. The smallest absolute Gasteiger partial charge is 0.224 e. The van der Waals surface area contributed by atoms with Crippen LogP contribution in [0.15, 0.2) is 36.4 Å². The van der Waals surface area contributed by atoms with Crippen molar-refractivity contribution in [3.05, 3.63) is 47.0 Å². The quantitative estimate of drug-likeness (QED) is 0.784. The van der Waals surface area contributed by atoms with Crippen LogP contribution in [-0.4, -0.2) is 41.9 Å². The van der Waals surface area contributed by atoms with Gasteiger partial charge in [-0.1, -0.05) is 35.9 Å². The van der Waals surface area contributed by atoms with Gasteiger partial charge in [0, 0.05) is 44.2 Å². The number of benzene rings is 1. The minimum absolute atomic E-state index is 0.260. The zero-order valence-corrected chi connectivity index (χ0v) is 14.3. The third-order valence-corrected chi connectivity index (χ3v) is 5.07. The Morgan fingerprint density at radius 2 is 2.09 bits per heavy atom. The Balaban J connectivity index is 1.55. The van der Waals surface area contributed by atoms with Crippen molar-refractivity contribution in [3.8, 4) is 0 Å². The fourth-order valence-corrected chi connectivity index (χ4v) is 3.72. The molecule has 0 bridgehead atoms. The Bertz CT molecular complexity index is 572. The van der Waals surface area contributed by atoms with Crippen molar-refractivity contribution < 1.29 is 4.79 Å². The molecule has 1 aliphatic heterocycles. The van der Waals surface area contributed by atoms with Crippen molar-refractivity contribution in [1.29, 1.82) is 0 Å². The molecule has 1 saturated heterocycles. The van der Waals surface area contributed by atoms with Crippen molar-refractivity contribution >= 4 is 17.5 Å². The Morgan fingerprint density at radius 3 is 2.87 bits per heavy atom. The molecular formula is C19H25ClN2O. The van der Waals surface area contributed by atoms with E-state index in [-0.39, 0.29) is 5.91 Å². The molecule has 3 rings (SSSR count). The summed E-state index contributed by atoms with van der Waals surface area (Å²) in [5, 5.41) is 0.733. The summed E-state index contributed by atoms with van der Waals surface area (Å²) in [6.45, 7) is 4.48. The molecule has 1 aliphatic carbocycles. The lowest BCUT2D eigenvalue weighted by molar-refractivity contribution is -0.130. The van der Waals surface area contributed by atoms with Gasteiger partial charge in [0.25, 0.3) is 0 Å². The van der Waals surface area contributed by atoms with Gasteiger partial charge in [-0.25, -0.2) is 0 Å². The number of hydrogen-bond acceptors (Lipinski definition) is 2. The largest absolute Gasteiger partial charge is 0.337 e. The maximum absolute atomic E-state index is 12.4. The second-order valence-electron chi connectivity index (χ2n) is 6.65. The lowest BCUT2D eigenvalue weighted by Crippen LogP contribution is -2.34. The highest BCUT2D eigenvalue weighted by molar-refractivity contribution is 6.30. The molecule has 1 fully saturated rings. The number of carbonyl (C=O) groups is 1. The molecule has 23 heavy (non-hydrogen) atoms. The van der Waals surface area contributed by atoms with Gasteiger partial charge >= 0.3 is 0 Å². The first kappa shape index (κ1) is 16.5. The fourth-order valence-electron chi connectivity index (χ4n) is 3.50. The van der Waals surface area contributed by atoms with Crippen molar-refractivity contribution in [1.82, 2.24) is 9.80 Å². The molecule has 1 atom stereocenters. The molecule has 124 valence electrons. The number of allylic oxidation sites excluding steroid dienone is 2. The van der Waals surface area contributed by atoms with Crippen LogP contribution in [0.4, 0.5) is 0 Å². The molecule has 1 aromatic carbocycles. The van der Waals surface area contributed by atoms with Crippen molar-refractivity contribution in [2.24, 2.45) is 5.92 Å². The van der Waals surface area contributed by atoms with Crippen LogP contribution in [0, 0.1) is 5.92 Å². The van der Waals surface area contributed by atoms with E-state index in [1.165, 1.54) is 19.3 Å². The number of halogens is 1. The summed E-state index contributed by atoms with van der Waals surface area (Å²) in [5.41, 5.74) is 1.11. The van der Waals surface area contributed by atoms with Crippen LogP contribution in [0.2, 0.25) is 5.02 Å². The minimum atomic E-state index is 0.260. The van der Waals surface area contributed by atoms with Gasteiger partial charge in [0.1, 0.15) is 0 Å². The van der Waals surface area contributed by atoms with Gasteiger partial charge in [-0.2, -0.15) is 0 Å². The molecule has 1 amide bonds. The highest BCUT2D eigenvalue weighted by Gasteiger charge is 2.23. The molecule has 0 unspecified atom stereocenters. The summed E-state index contributed by atoms with van der Waals surface area (Å²) in [4.78, 5) is 16.8. The highest BCUT2D eigenvalue weighted by atomic mass is 35.5.